The van der Waals surface area contributed by atoms with E-state index in [-0.39, 0.29) is 24.5 Å². The van der Waals surface area contributed by atoms with Crippen LogP contribution in [0.15, 0.2) is 42.5 Å². The Bertz CT molecular complexity index is 1190. The monoisotopic (exact) mass is 557 g/mol. The molecule has 0 aliphatic rings. The molecule has 0 aliphatic carbocycles. The van der Waals surface area contributed by atoms with Gasteiger partial charge in [0, 0.05) is 13.0 Å². The lowest BCUT2D eigenvalue weighted by molar-refractivity contribution is -0.144. The molecule has 0 bridgehead atoms. The maximum absolute atomic E-state index is 14.2. The third-order valence-corrected chi connectivity index (χ3v) is 5.84. The van der Waals surface area contributed by atoms with E-state index >= 15 is 0 Å². The van der Waals surface area contributed by atoms with Crippen molar-refractivity contribution in [1.82, 2.24) is 15.5 Å². The summed E-state index contributed by atoms with van der Waals surface area (Å²) in [6.07, 6.45) is -0.292. The minimum Gasteiger partial charge on any atom is -0.508 e. The van der Waals surface area contributed by atoms with Gasteiger partial charge in [-0.3, -0.25) is 14.4 Å². The van der Waals surface area contributed by atoms with Gasteiger partial charge >= 0.3 is 12.1 Å². The Labute approximate surface area is 234 Å². The normalized spacial score (nSPS) is 12.6. The summed E-state index contributed by atoms with van der Waals surface area (Å²) in [5.41, 5.74) is 0.717. The van der Waals surface area contributed by atoms with Crippen molar-refractivity contribution < 1.29 is 38.9 Å². The van der Waals surface area contributed by atoms with E-state index in [4.69, 9.17) is 4.74 Å². The number of carbonyl (C=O) groups excluding carboxylic acids is 4. The van der Waals surface area contributed by atoms with Gasteiger partial charge in [-0.25, -0.2) is 4.79 Å². The predicted octanol–water partition coefficient (Wildman–Crippen LogP) is 3.11. The summed E-state index contributed by atoms with van der Waals surface area (Å²) in [5.74, 6) is -1.81. The quantitative estimate of drug-likeness (QED) is 0.307. The molecule has 0 aromatic heterocycles. The molecule has 2 aromatic carbocycles. The molecular weight excluding hydrogens is 518 g/mol. The van der Waals surface area contributed by atoms with Crippen LogP contribution in [0, 0.1) is 6.92 Å². The van der Waals surface area contributed by atoms with Crippen molar-refractivity contribution >= 4 is 23.9 Å². The van der Waals surface area contributed by atoms with Crippen molar-refractivity contribution in [3.05, 3.63) is 59.2 Å². The van der Waals surface area contributed by atoms with Gasteiger partial charge in [0.15, 0.2) is 0 Å². The van der Waals surface area contributed by atoms with Crippen LogP contribution in [0.3, 0.4) is 0 Å². The first-order valence-corrected chi connectivity index (χ1v) is 13.0. The highest BCUT2D eigenvalue weighted by Crippen LogP contribution is 2.28. The number of nitrogens with one attached hydrogen (secondary N) is 2. The zero-order valence-corrected chi connectivity index (χ0v) is 23.8. The molecule has 0 spiro atoms. The Hall–Kier alpha value is -4.28. The lowest BCUT2D eigenvalue weighted by atomic mass is 9.98. The van der Waals surface area contributed by atoms with Crippen molar-refractivity contribution in [2.45, 2.75) is 65.1 Å². The Morgan fingerprint density at radius 2 is 1.68 bits per heavy atom. The number of aromatic hydroxyl groups is 2. The summed E-state index contributed by atoms with van der Waals surface area (Å²) in [6, 6.07) is 8.39. The van der Waals surface area contributed by atoms with Crippen LogP contribution in [-0.2, 0) is 30.3 Å². The third kappa shape index (κ3) is 9.48. The first kappa shape index (κ1) is 31.9. The number of ether oxygens (including phenoxy) is 2. The Morgan fingerprint density at radius 1 is 1.02 bits per heavy atom. The highest BCUT2D eigenvalue weighted by molar-refractivity contribution is 5.93. The van der Waals surface area contributed by atoms with E-state index in [1.165, 1.54) is 36.3 Å². The van der Waals surface area contributed by atoms with Crippen molar-refractivity contribution in [1.29, 1.82) is 0 Å². The standard InChI is InChI=1S/C29H39N3O8/c1-7-14-32(25(26(36)30-17-24(35)39-6)20-10-13-23(34)18(2)15-20)27(37)22(31-28(38)40-29(3,4)5)16-19-8-11-21(33)12-9-19/h8-13,15,22,25,33-34H,7,14,16-17H2,1-6H3,(H,30,36)(H,31,38). The second-order valence-corrected chi connectivity index (χ2v) is 10.3. The van der Waals surface area contributed by atoms with Gasteiger partial charge in [0.2, 0.25) is 11.8 Å². The van der Waals surface area contributed by atoms with Crippen molar-refractivity contribution in [2.75, 3.05) is 20.2 Å². The molecule has 0 heterocycles. The van der Waals surface area contributed by atoms with E-state index in [1.807, 2.05) is 6.92 Å². The minimum absolute atomic E-state index is 0.0163. The SMILES string of the molecule is CCCN(C(=O)C(Cc1ccc(O)cc1)NC(=O)OC(C)(C)C)C(C(=O)NCC(=O)OC)c1ccc(O)c(C)c1. The molecule has 0 saturated heterocycles. The summed E-state index contributed by atoms with van der Waals surface area (Å²) in [6.45, 7) is 8.31. The molecule has 218 valence electrons. The van der Waals surface area contributed by atoms with Crippen LogP contribution in [0.5, 0.6) is 11.5 Å². The fourth-order valence-corrected chi connectivity index (χ4v) is 3.97. The Morgan fingerprint density at radius 3 is 2.23 bits per heavy atom. The molecule has 2 atom stereocenters. The number of hydrogen-bond donors (Lipinski definition) is 4. The van der Waals surface area contributed by atoms with Crippen molar-refractivity contribution in [3.63, 3.8) is 0 Å². The average molecular weight is 558 g/mol. The van der Waals surface area contributed by atoms with Gasteiger partial charge in [0.1, 0.15) is 35.7 Å². The van der Waals surface area contributed by atoms with E-state index in [2.05, 4.69) is 15.4 Å². The largest absolute Gasteiger partial charge is 0.508 e. The summed E-state index contributed by atoms with van der Waals surface area (Å²) in [7, 11) is 1.19. The first-order chi connectivity index (χ1) is 18.7. The molecule has 0 radical (unpaired) electrons. The second kappa shape index (κ2) is 14.2. The maximum atomic E-state index is 14.2. The summed E-state index contributed by atoms with van der Waals surface area (Å²) < 4.78 is 10.0. The number of nitrogens with zero attached hydrogens (tertiary/aromatic N) is 1. The zero-order valence-electron chi connectivity index (χ0n) is 23.8. The van der Waals surface area contributed by atoms with E-state index in [0.29, 0.717) is 23.1 Å². The highest BCUT2D eigenvalue weighted by Gasteiger charge is 2.36. The Balaban J connectivity index is 2.54. The van der Waals surface area contributed by atoms with Crippen LogP contribution < -0.4 is 10.6 Å². The third-order valence-electron chi connectivity index (χ3n) is 5.84. The number of esters is 1. The number of benzene rings is 2. The number of rotatable bonds is 11. The van der Waals surface area contributed by atoms with E-state index in [0.717, 1.165) is 0 Å². The number of carbonyl (C=O) groups is 4. The summed E-state index contributed by atoms with van der Waals surface area (Å²) in [4.78, 5) is 53.5. The summed E-state index contributed by atoms with van der Waals surface area (Å²) >= 11 is 0. The number of amides is 3. The van der Waals surface area contributed by atoms with Crippen molar-refractivity contribution in [2.24, 2.45) is 0 Å². The van der Waals surface area contributed by atoms with Gasteiger partial charge in [-0.1, -0.05) is 25.1 Å². The minimum atomic E-state index is -1.20. The second-order valence-electron chi connectivity index (χ2n) is 10.3. The molecule has 11 nitrogen and oxygen atoms in total. The smallest absolute Gasteiger partial charge is 0.408 e. The van der Waals surface area contributed by atoms with Crippen LogP contribution in [-0.4, -0.2) is 70.8 Å². The number of phenolic OH excluding ortho intramolecular Hbond substituents is 2. The Kier molecular flexibility index (Phi) is 11.3. The molecule has 3 amide bonds. The summed E-state index contributed by atoms with van der Waals surface area (Å²) in [5, 5.41) is 24.9. The molecule has 40 heavy (non-hydrogen) atoms. The van der Waals surface area contributed by atoms with Crippen LogP contribution in [0.1, 0.15) is 56.8 Å². The van der Waals surface area contributed by atoms with Crippen LogP contribution in [0.4, 0.5) is 4.79 Å². The topological polar surface area (TPSA) is 154 Å². The number of phenols is 2. The number of aryl methyl sites for hydroxylation is 1. The van der Waals surface area contributed by atoms with Crippen LogP contribution >= 0.6 is 0 Å². The van der Waals surface area contributed by atoms with Gasteiger partial charge in [0.05, 0.1) is 7.11 Å². The highest BCUT2D eigenvalue weighted by atomic mass is 16.6. The van der Waals surface area contributed by atoms with E-state index in [9.17, 15) is 29.4 Å². The molecular formula is C29H39N3O8. The maximum Gasteiger partial charge on any atom is 0.408 e. The molecule has 0 aliphatic heterocycles. The molecule has 0 fully saturated rings. The predicted molar refractivity (Wildman–Crippen MR) is 148 cm³/mol. The molecule has 2 aromatic rings. The first-order valence-electron chi connectivity index (χ1n) is 13.0. The fourth-order valence-electron chi connectivity index (χ4n) is 3.97. The van der Waals surface area contributed by atoms with Crippen molar-refractivity contribution in [3.8, 4) is 11.5 Å². The van der Waals surface area contributed by atoms with Gasteiger partial charge in [-0.15, -0.1) is 0 Å². The molecule has 2 unspecified atom stereocenters. The van der Waals surface area contributed by atoms with Gasteiger partial charge in [0.25, 0.3) is 0 Å². The molecule has 4 N–H and O–H groups in total. The van der Waals surface area contributed by atoms with Crippen LogP contribution in [0.2, 0.25) is 0 Å². The van der Waals surface area contributed by atoms with Crippen LogP contribution in [0.25, 0.3) is 0 Å². The molecule has 2 rings (SSSR count). The number of methoxy groups -OCH3 is 1. The zero-order chi connectivity index (χ0) is 30.0. The van der Waals surface area contributed by atoms with E-state index < -0.39 is 48.1 Å². The fraction of sp³-hybridized carbons (Fsp3) is 0.448. The average Bonchev–Trinajstić information content (AvgIpc) is 2.88. The lowest BCUT2D eigenvalue weighted by Crippen LogP contribution is -2.54. The molecule has 11 heteroatoms. The van der Waals surface area contributed by atoms with Gasteiger partial charge in [-0.2, -0.15) is 0 Å². The van der Waals surface area contributed by atoms with Gasteiger partial charge < -0.3 is 35.2 Å². The lowest BCUT2D eigenvalue weighted by Gasteiger charge is -2.34. The van der Waals surface area contributed by atoms with E-state index in [1.54, 1.807) is 45.9 Å². The number of hydrogen-bond acceptors (Lipinski definition) is 8. The van der Waals surface area contributed by atoms with Gasteiger partial charge in [-0.05, 0) is 75.1 Å². The molecule has 0 saturated carbocycles. The number of alkyl carbamates (subject to hydrolysis) is 1.